The number of amides is 1. The number of hydrogen-bond acceptors (Lipinski definition) is 4. The Kier molecular flexibility index (Phi) is 3.67. The lowest BCUT2D eigenvalue weighted by atomic mass is 9.89. The normalized spacial score (nSPS) is 12.6. The molecule has 29 heavy (non-hydrogen) atoms. The summed E-state index contributed by atoms with van der Waals surface area (Å²) in [4.78, 5) is 43.8. The predicted octanol–water partition coefficient (Wildman–Crippen LogP) is 3.67. The Morgan fingerprint density at radius 1 is 0.966 bits per heavy atom. The molecular weight excluding hydrogens is 366 g/mol. The van der Waals surface area contributed by atoms with Gasteiger partial charge in [0, 0.05) is 18.1 Å². The van der Waals surface area contributed by atoms with Crippen molar-refractivity contribution in [2.75, 3.05) is 5.32 Å². The van der Waals surface area contributed by atoms with Gasteiger partial charge in [-0.25, -0.2) is 0 Å². The second kappa shape index (κ2) is 6.24. The zero-order valence-electron chi connectivity index (χ0n) is 15.5. The molecule has 3 heterocycles. The van der Waals surface area contributed by atoms with Crippen LogP contribution in [0.3, 0.4) is 0 Å². The second-order valence-corrected chi connectivity index (χ2v) is 6.88. The molecule has 0 radical (unpaired) electrons. The van der Waals surface area contributed by atoms with Gasteiger partial charge in [0.05, 0.1) is 22.2 Å². The molecule has 0 saturated heterocycles. The van der Waals surface area contributed by atoms with E-state index in [1.165, 1.54) is 6.20 Å². The molecule has 6 nitrogen and oxygen atoms in total. The third-order valence-electron chi connectivity index (χ3n) is 5.17. The number of rotatable bonds is 2. The van der Waals surface area contributed by atoms with Crippen LogP contribution >= 0.6 is 0 Å². The van der Waals surface area contributed by atoms with Crippen molar-refractivity contribution in [3.63, 3.8) is 0 Å². The Hall–Kier alpha value is -4.06. The average Bonchev–Trinajstić information content (AvgIpc) is 3.09. The number of para-hydroxylation sites is 1. The van der Waals surface area contributed by atoms with Gasteiger partial charge in [-0.05, 0) is 42.8 Å². The van der Waals surface area contributed by atoms with Crippen molar-refractivity contribution in [2.24, 2.45) is 0 Å². The fourth-order valence-electron chi connectivity index (χ4n) is 3.80. The molecule has 1 aliphatic rings. The highest BCUT2D eigenvalue weighted by molar-refractivity contribution is 6.32. The number of pyridine rings is 2. The lowest BCUT2D eigenvalue weighted by Crippen LogP contribution is -2.25. The molecule has 0 spiro atoms. The summed E-state index contributed by atoms with van der Waals surface area (Å²) in [5, 5.41) is 2.88. The van der Waals surface area contributed by atoms with E-state index in [0.29, 0.717) is 11.2 Å². The van der Waals surface area contributed by atoms with E-state index in [-0.39, 0.29) is 33.9 Å². The van der Waals surface area contributed by atoms with Gasteiger partial charge in [0.2, 0.25) is 11.6 Å². The fraction of sp³-hybridized carbons (Fsp3) is 0.0435. The van der Waals surface area contributed by atoms with Crippen LogP contribution < -0.4 is 5.32 Å². The summed E-state index contributed by atoms with van der Waals surface area (Å²) >= 11 is 0. The van der Waals surface area contributed by atoms with Crippen LogP contribution in [0.1, 0.15) is 48.0 Å². The molecule has 0 saturated carbocycles. The van der Waals surface area contributed by atoms with E-state index in [2.05, 4.69) is 10.3 Å². The van der Waals surface area contributed by atoms with Crippen molar-refractivity contribution in [1.29, 1.82) is 0 Å². The Labute approximate surface area is 165 Å². The van der Waals surface area contributed by atoms with Crippen molar-refractivity contribution < 1.29 is 14.4 Å². The number of fused-ring (bicyclic) bond motifs is 4. The molecule has 1 amide bonds. The minimum absolute atomic E-state index is 0.0749. The zero-order valence-corrected chi connectivity index (χ0v) is 15.5. The number of carbonyl (C=O) groups is 3. The van der Waals surface area contributed by atoms with E-state index in [1.54, 1.807) is 47.0 Å². The van der Waals surface area contributed by atoms with E-state index >= 15 is 0 Å². The van der Waals surface area contributed by atoms with Crippen molar-refractivity contribution in [1.82, 2.24) is 9.38 Å². The summed E-state index contributed by atoms with van der Waals surface area (Å²) in [6.45, 7) is 1.89. The molecule has 1 N–H and O–H groups in total. The SMILES string of the molecule is Cc1ccccc1NC(=O)c1c2c(n3ccccc13)C(=O)c1cccnc1C2=O. The largest absolute Gasteiger partial charge is 0.322 e. The Morgan fingerprint density at radius 3 is 2.59 bits per heavy atom. The number of ketones is 2. The third kappa shape index (κ3) is 2.42. The summed E-state index contributed by atoms with van der Waals surface area (Å²) in [6, 6.07) is 15.8. The first-order valence-electron chi connectivity index (χ1n) is 9.12. The van der Waals surface area contributed by atoms with Crippen LogP contribution in [0.4, 0.5) is 5.69 Å². The minimum Gasteiger partial charge on any atom is -0.322 e. The van der Waals surface area contributed by atoms with Crippen LogP contribution in [-0.2, 0) is 0 Å². The molecule has 4 aromatic rings. The van der Waals surface area contributed by atoms with Crippen LogP contribution in [0.25, 0.3) is 5.52 Å². The second-order valence-electron chi connectivity index (χ2n) is 6.88. The molecule has 0 unspecified atom stereocenters. The molecule has 5 rings (SSSR count). The van der Waals surface area contributed by atoms with Crippen molar-refractivity contribution in [2.45, 2.75) is 6.92 Å². The molecule has 0 fully saturated rings. The number of benzene rings is 1. The van der Waals surface area contributed by atoms with Gasteiger partial charge < -0.3 is 9.72 Å². The average molecular weight is 381 g/mol. The van der Waals surface area contributed by atoms with E-state index < -0.39 is 11.7 Å². The molecule has 1 aliphatic carbocycles. The Morgan fingerprint density at radius 2 is 1.76 bits per heavy atom. The standard InChI is InChI=1S/C23H15N3O3/c1-13-7-2-3-9-15(13)25-23(29)17-16-10-4-5-12-26(16)20-18(17)22(28)19-14(21(20)27)8-6-11-24-19/h2-12H,1H3,(H,25,29). The Balaban J connectivity index is 1.76. The highest BCUT2D eigenvalue weighted by atomic mass is 16.2. The number of aryl methyl sites for hydroxylation is 1. The van der Waals surface area contributed by atoms with Gasteiger partial charge in [-0.2, -0.15) is 0 Å². The van der Waals surface area contributed by atoms with Gasteiger partial charge in [-0.15, -0.1) is 0 Å². The maximum absolute atomic E-state index is 13.3. The van der Waals surface area contributed by atoms with Crippen LogP contribution in [0.15, 0.2) is 67.0 Å². The van der Waals surface area contributed by atoms with E-state index in [1.807, 2.05) is 25.1 Å². The van der Waals surface area contributed by atoms with E-state index in [4.69, 9.17) is 0 Å². The maximum atomic E-state index is 13.3. The highest BCUT2D eigenvalue weighted by Crippen LogP contribution is 2.33. The lowest BCUT2D eigenvalue weighted by Gasteiger charge is -2.15. The predicted molar refractivity (Wildman–Crippen MR) is 108 cm³/mol. The number of carbonyl (C=O) groups excluding carboxylic acids is 3. The monoisotopic (exact) mass is 381 g/mol. The molecular formula is C23H15N3O3. The summed E-state index contributed by atoms with van der Waals surface area (Å²) in [5.41, 5.74) is 2.84. The molecule has 0 atom stereocenters. The third-order valence-corrected chi connectivity index (χ3v) is 5.17. The summed E-state index contributed by atoms with van der Waals surface area (Å²) < 4.78 is 1.61. The number of nitrogens with one attached hydrogen (secondary N) is 1. The highest BCUT2D eigenvalue weighted by Gasteiger charge is 2.38. The summed E-state index contributed by atoms with van der Waals surface area (Å²) in [6.07, 6.45) is 3.16. The smallest absolute Gasteiger partial charge is 0.258 e. The Bertz CT molecular complexity index is 1350. The topological polar surface area (TPSA) is 80.5 Å². The van der Waals surface area contributed by atoms with Gasteiger partial charge in [0.1, 0.15) is 11.4 Å². The lowest BCUT2D eigenvalue weighted by molar-refractivity contribution is 0.0965. The van der Waals surface area contributed by atoms with E-state index in [9.17, 15) is 14.4 Å². The van der Waals surface area contributed by atoms with Gasteiger partial charge >= 0.3 is 0 Å². The molecule has 1 aromatic carbocycles. The first-order valence-corrected chi connectivity index (χ1v) is 9.12. The summed E-state index contributed by atoms with van der Waals surface area (Å²) in [7, 11) is 0. The van der Waals surface area contributed by atoms with Crippen LogP contribution in [0, 0.1) is 6.92 Å². The van der Waals surface area contributed by atoms with Crippen molar-refractivity contribution >= 4 is 28.7 Å². The van der Waals surface area contributed by atoms with Gasteiger partial charge in [0.25, 0.3) is 5.91 Å². The summed E-state index contributed by atoms with van der Waals surface area (Å²) in [5.74, 6) is -1.18. The molecule has 0 aliphatic heterocycles. The van der Waals surface area contributed by atoms with Crippen LogP contribution in [0.2, 0.25) is 0 Å². The van der Waals surface area contributed by atoms with Crippen molar-refractivity contribution in [3.8, 4) is 0 Å². The number of nitrogens with zero attached hydrogens (tertiary/aromatic N) is 2. The van der Waals surface area contributed by atoms with Gasteiger partial charge in [-0.1, -0.05) is 24.3 Å². The first kappa shape index (κ1) is 17.1. The molecule has 6 heteroatoms. The van der Waals surface area contributed by atoms with Crippen LogP contribution in [0.5, 0.6) is 0 Å². The van der Waals surface area contributed by atoms with Crippen molar-refractivity contribution in [3.05, 3.63) is 101 Å². The number of anilines is 1. The molecule has 3 aromatic heterocycles. The first-order chi connectivity index (χ1) is 14.1. The zero-order chi connectivity index (χ0) is 20.1. The number of hydrogen-bond donors (Lipinski definition) is 1. The maximum Gasteiger partial charge on any atom is 0.258 e. The van der Waals surface area contributed by atoms with Gasteiger partial charge in [-0.3, -0.25) is 19.4 Å². The molecule has 140 valence electrons. The molecule has 0 bridgehead atoms. The van der Waals surface area contributed by atoms with Gasteiger partial charge in [0.15, 0.2) is 0 Å². The minimum atomic E-state index is -0.440. The van der Waals surface area contributed by atoms with E-state index in [0.717, 1.165) is 5.56 Å². The fourth-order valence-corrected chi connectivity index (χ4v) is 3.80. The van der Waals surface area contributed by atoms with Crippen LogP contribution in [-0.4, -0.2) is 26.9 Å². The quantitative estimate of drug-likeness (QED) is 0.506. The number of aromatic nitrogens is 2.